The van der Waals surface area contributed by atoms with Crippen LogP contribution in [0.1, 0.15) is 10.4 Å². The molecule has 1 N–H and O–H groups in total. The molecule has 202 valence electrons. The summed E-state index contributed by atoms with van der Waals surface area (Å²) in [4.78, 5) is 29.7. The summed E-state index contributed by atoms with van der Waals surface area (Å²) in [6.07, 6.45) is 0. The van der Waals surface area contributed by atoms with Gasteiger partial charge in [-0.25, -0.2) is 0 Å². The number of rotatable bonds is 4. The van der Waals surface area contributed by atoms with Crippen LogP contribution in [-0.2, 0) is 0 Å². The molecule has 7 nitrogen and oxygen atoms in total. The zero-order valence-electron chi connectivity index (χ0n) is 21.5. The van der Waals surface area contributed by atoms with Crippen LogP contribution in [-0.4, -0.2) is 49.2 Å². The molecule has 1 aliphatic carbocycles. The maximum Gasteiger partial charge on any atom is 0.253 e. The number of benzene rings is 4. The third-order valence-electron chi connectivity index (χ3n) is 7.25. The number of phenols is 1. The maximum atomic E-state index is 13.4. The fraction of sp³-hybridized carbons (Fsp3) is 0.161. The summed E-state index contributed by atoms with van der Waals surface area (Å²) in [5, 5.41) is 11.0. The third kappa shape index (κ3) is 4.61. The number of fused-ring (bicyclic) bond motifs is 2. The Labute approximate surface area is 240 Å². The van der Waals surface area contributed by atoms with Gasteiger partial charge in [0.15, 0.2) is 0 Å². The van der Waals surface area contributed by atoms with Gasteiger partial charge in [-0.05, 0) is 42.0 Å². The smallest absolute Gasteiger partial charge is 0.253 e. The summed E-state index contributed by atoms with van der Waals surface area (Å²) in [6.45, 7) is 2.58. The molecule has 0 unspecified atom stereocenters. The summed E-state index contributed by atoms with van der Waals surface area (Å²) in [6, 6.07) is 21.1. The highest BCUT2D eigenvalue weighted by Gasteiger charge is 2.25. The van der Waals surface area contributed by atoms with Gasteiger partial charge in [-0.3, -0.25) is 9.59 Å². The van der Waals surface area contributed by atoms with Gasteiger partial charge in [0.05, 0.1) is 22.8 Å². The van der Waals surface area contributed by atoms with Crippen molar-refractivity contribution in [3.8, 4) is 33.9 Å². The van der Waals surface area contributed by atoms with Crippen LogP contribution in [0.3, 0.4) is 0 Å². The van der Waals surface area contributed by atoms with Crippen molar-refractivity contribution in [1.29, 1.82) is 0 Å². The second kappa shape index (κ2) is 10.4. The molecule has 3 aliphatic rings. The van der Waals surface area contributed by atoms with Gasteiger partial charge in [0.1, 0.15) is 22.8 Å². The summed E-state index contributed by atoms with van der Waals surface area (Å²) >= 11 is 12.4. The molecule has 6 rings (SSSR count). The lowest BCUT2D eigenvalue weighted by Crippen LogP contribution is -2.48. The third-order valence-corrected chi connectivity index (χ3v) is 7.85. The van der Waals surface area contributed by atoms with E-state index >= 15 is 0 Å². The van der Waals surface area contributed by atoms with Crippen molar-refractivity contribution in [3.05, 3.63) is 98.6 Å². The Morgan fingerprint density at radius 3 is 2.38 bits per heavy atom. The first-order chi connectivity index (χ1) is 19.3. The molecule has 3 aromatic rings. The number of anilines is 1. The van der Waals surface area contributed by atoms with Crippen molar-refractivity contribution in [2.75, 3.05) is 38.2 Å². The molecule has 0 saturated carbocycles. The van der Waals surface area contributed by atoms with Crippen molar-refractivity contribution in [2.24, 2.45) is 0 Å². The number of phenolic OH excluding ortho intramolecular Hbond substituents is 1. The number of nitrogens with zero attached hydrogens (tertiary/aromatic N) is 2. The number of aromatic hydroxyl groups is 1. The first kappa shape index (κ1) is 26.0. The van der Waals surface area contributed by atoms with Crippen LogP contribution in [0.2, 0.25) is 10.0 Å². The monoisotopic (exact) mass is 574 g/mol. The van der Waals surface area contributed by atoms with Gasteiger partial charge < -0.3 is 24.1 Å². The van der Waals surface area contributed by atoms with E-state index in [0.29, 0.717) is 54.0 Å². The number of piperazine rings is 1. The van der Waals surface area contributed by atoms with Gasteiger partial charge >= 0.3 is 0 Å². The molecule has 1 saturated heterocycles. The quantitative estimate of drug-likeness (QED) is 0.245. The number of para-hydroxylation sites is 2. The van der Waals surface area contributed by atoms with E-state index in [1.165, 1.54) is 12.1 Å². The largest absolute Gasteiger partial charge is 0.506 e. The molecule has 0 radical (unpaired) electrons. The number of carbonyl (C=O) groups excluding carboxylic acids is 1. The first-order valence-corrected chi connectivity index (χ1v) is 13.5. The van der Waals surface area contributed by atoms with Crippen LogP contribution >= 0.6 is 23.2 Å². The van der Waals surface area contributed by atoms with E-state index in [-0.39, 0.29) is 27.1 Å². The fourth-order valence-electron chi connectivity index (χ4n) is 5.22. The van der Waals surface area contributed by atoms with Crippen molar-refractivity contribution in [2.45, 2.75) is 0 Å². The van der Waals surface area contributed by atoms with Crippen molar-refractivity contribution in [1.82, 2.24) is 4.90 Å². The van der Waals surface area contributed by atoms with Crippen LogP contribution in [0.5, 0.6) is 11.5 Å². The van der Waals surface area contributed by atoms with Crippen LogP contribution < -0.4 is 15.1 Å². The minimum Gasteiger partial charge on any atom is -0.506 e. The number of hydrogen-bond acceptors (Lipinski definition) is 6. The molecule has 40 heavy (non-hydrogen) atoms. The van der Waals surface area contributed by atoms with E-state index in [0.717, 1.165) is 22.6 Å². The van der Waals surface area contributed by atoms with Gasteiger partial charge in [0, 0.05) is 60.4 Å². The van der Waals surface area contributed by atoms with E-state index in [4.69, 9.17) is 32.4 Å². The molecule has 0 bridgehead atoms. The molecule has 1 fully saturated rings. The Kier molecular flexibility index (Phi) is 6.78. The lowest BCUT2D eigenvalue weighted by molar-refractivity contribution is 0.0746. The molecule has 9 heteroatoms. The topological polar surface area (TPSA) is 83.2 Å². The van der Waals surface area contributed by atoms with Gasteiger partial charge in [-0.1, -0.05) is 47.5 Å². The predicted octanol–water partition coefficient (Wildman–Crippen LogP) is 6.55. The predicted molar refractivity (Wildman–Crippen MR) is 157 cm³/mol. The van der Waals surface area contributed by atoms with E-state index in [1.54, 1.807) is 31.4 Å². The highest BCUT2D eigenvalue weighted by molar-refractivity contribution is 6.33. The molecule has 2 aliphatic heterocycles. The second-order valence-electron chi connectivity index (χ2n) is 9.58. The van der Waals surface area contributed by atoms with Crippen LogP contribution in [0.25, 0.3) is 33.4 Å². The molecule has 0 spiro atoms. The molecular weight excluding hydrogens is 551 g/mol. The zero-order chi connectivity index (χ0) is 28.0. The zero-order valence-corrected chi connectivity index (χ0v) is 23.0. The first-order valence-electron chi connectivity index (χ1n) is 12.7. The highest BCUT2D eigenvalue weighted by Crippen LogP contribution is 2.43. The minimum atomic E-state index is -0.367. The summed E-state index contributed by atoms with van der Waals surface area (Å²) < 4.78 is 11.4. The SMILES string of the molecule is COc1ccccc1N1CCN(C(=O)c2ccc(-c3c4cc(Cl)c(=O)cc-4oc4cc(O)c(Cl)cc34)cc2)CC1. The standard InChI is InChI=1S/C31H24Cl2N2O5/c1-39-27-5-3-2-4-24(27)34-10-12-35(13-11-34)31(38)19-8-6-18(7-9-19)30-20-14-22(32)25(36)16-28(20)40-29-17-26(37)23(33)15-21(29)30/h2-9,14-17,36H,10-13H2,1H3. The Morgan fingerprint density at radius 2 is 1.65 bits per heavy atom. The number of methoxy groups -OCH3 is 1. The van der Waals surface area contributed by atoms with Crippen molar-refractivity contribution in [3.63, 3.8) is 0 Å². The number of halogens is 2. The van der Waals surface area contributed by atoms with Crippen LogP contribution in [0.4, 0.5) is 5.69 Å². The summed E-state index contributed by atoms with van der Waals surface area (Å²) in [5.74, 6) is 0.963. The summed E-state index contributed by atoms with van der Waals surface area (Å²) in [7, 11) is 1.66. The Balaban J connectivity index is 1.30. The average molecular weight is 575 g/mol. The molecule has 3 aromatic carbocycles. The maximum absolute atomic E-state index is 13.4. The van der Waals surface area contributed by atoms with Crippen LogP contribution in [0.15, 0.2) is 82.0 Å². The van der Waals surface area contributed by atoms with Gasteiger partial charge in [0.25, 0.3) is 5.91 Å². The van der Waals surface area contributed by atoms with Gasteiger partial charge in [-0.15, -0.1) is 0 Å². The number of ether oxygens (including phenoxy) is 1. The fourth-order valence-corrected chi connectivity index (χ4v) is 5.54. The van der Waals surface area contributed by atoms with Crippen molar-refractivity contribution >= 4 is 45.8 Å². The number of carbonyl (C=O) groups is 1. The van der Waals surface area contributed by atoms with E-state index < -0.39 is 0 Å². The van der Waals surface area contributed by atoms with Crippen LogP contribution in [0, 0.1) is 0 Å². The Morgan fingerprint density at radius 1 is 0.925 bits per heavy atom. The normalized spacial score (nSPS) is 13.7. The molecule has 2 heterocycles. The lowest BCUT2D eigenvalue weighted by atomic mass is 9.93. The molecule has 1 amide bonds. The molecular formula is C31H24Cl2N2O5. The van der Waals surface area contributed by atoms with E-state index in [1.807, 2.05) is 41.3 Å². The van der Waals surface area contributed by atoms with Gasteiger partial charge in [0.2, 0.25) is 5.43 Å². The number of hydrogen-bond donors (Lipinski definition) is 1. The van der Waals surface area contributed by atoms with E-state index in [9.17, 15) is 14.7 Å². The lowest BCUT2D eigenvalue weighted by Gasteiger charge is -2.36. The second-order valence-corrected chi connectivity index (χ2v) is 10.4. The molecule has 0 aromatic heterocycles. The van der Waals surface area contributed by atoms with Crippen molar-refractivity contribution < 1.29 is 19.1 Å². The molecule has 0 atom stereocenters. The summed E-state index contributed by atoms with van der Waals surface area (Å²) in [5.41, 5.74) is 3.70. The average Bonchev–Trinajstić information content (AvgIpc) is 2.97. The van der Waals surface area contributed by atoms with E-state index in [2.05, 4.69) is 4.90 Å². The Hall–Kier alpha value is -4.20. The minimum absolute atomic E-state index is 0.0454. The number of amides is 1. The highest BCUT2D eigenvalue weighted by atomic mass is 35.5. The Bertz CT molecular complexity index is 1780. The van der Waals surface area contributed by atoms with Gasteiger partial charge in [-0.2, -0.15) is 0 Å².